The first-order valence-corrected chi connectivity index (χ1v) is 11.1. The zero-order chi connectivity index (χ0) is 23.4. The minimum absolute atomic E-state index is 0.104. The van der Waals surface area contributed by atoms with E-state index in [-0.39, 0.29) is 30.8 Å². The molecule has 9 heteroatoms. The molecule has 1 aliphatic rings. The summed E-state index contributed by atoms with van der Waals surface area (Å²) in [6.45, 7) is 4.25. The van der Waals surface area contributed by atoms with Crippen molar-refractivity contribution < 1.29 is 14.0 Å². The number of hydrogen-bond acceptors (Lipinski definition) is 6. The molecule has 2 amide bonds. The van der Waals surface area contributed by atoms with Crippen LogP contribution in [0.3, 0.4) is 0 Å². The molecule has 0 bridgehead atoms. The van der Waals surface area contributed by atoms with Crippen molar-refractivity contribution in [3.8, 4) is 11.5 Å². The molecule has 8 nitrogen and oxygen atoms in total. The molecule has 170 valence electrons. The van der Waals surface area contributed by atoms with Crippen molar-refractivity contribution in [2.75, 3.05) is 0 Å². The molecule has 2 heterocycles. The van der Waals surface area contributed by atoms with E-state index in [0.717, 1.165) is 5.56 Å². The Morgan fingerprint density at radius 2 is 1.82 bits per heavy atom. The van der Waals surface area contributed by atoms with Crippen molar-refractivity contribution in [2.45, 2.75) is 45.8 Å². The first-order chi connectivity index (χ1) is 15.9. The molecule has 0 saturated heterocycles. The second-order valence-corrected chi connectivity index (χ2v) is 8.40. The fraction of sp³-hybridized carbons (Fsp3) is 0.292. The second kappa shape index (κ2) is 9.95. The van der Waals surface area contributed by atoms with Gasteiger partial charge in [0.15, 0.2) is 0 Å². The molecule has 0 radical (unpaired) electrons. The molecule has 2 aromatic carbocycles. The Bertz CT molecular complexity index is 1180. The number of rotatable bonds is 7. The first kappa shape index (κ1) is 22.7. The van der Waals surface area contributed by atoms with Crippen LogP contribution in [0.1, 0.15) is 38.1 Å². The number of carbonyl (C=O) groups excluding carboxylic acids is 2. The monoisotopic (exact) mass is 465 g/mol. The van der Waals surface area contributed by atoms with Gasteiger partial charge in [-0.1, -0.05) is 54.1 Å². The number of hydrazone groups is 1. The van der Waals surface area contributed by atoms with E-state index in [2.05, 4.69) is 15.3 Å². The van der Waals surface area contributed by atoms with Gasteiger partial charge in [0, 0.05) is 18.9 Å². The van der Waals surface area contributed by atoms with Gasteiger partial charge in [0.2, 0.25) is 17.7 Å². The topological polar surface area (TPSA) is 91.9 Å². The van der Waals surface area contributed by atoms with Crippen molar-refractivity contribution in [3.05, 3.63) is 71.1 Å². The summed E-state index contributed by atoms with van der Waals surface area (Å²) >= 11 is 6.22. The molecule has 0 N–H and O–H groups in total. The molecule has 0 unspecified atom stereocenters. The number of hydrogen-bond donors (Lipinski definition) is 0. The number of amides is 2. The lowest BCUT2D eigenvalue weighted by Gasteiger charge is -2.29. The molecule has 0 saturated carbocycles. The Labute approximate surface area is 196 Å². The molecular weight excluding hydrogens is 442 g/mol. The third kappa shape index (κ3) is 5.28. The Kier molecular flexibility index (Phi) is 6.84. The Morgan fingerprint density at radius 3 is 2.55 bits per heavy atom. The zero-order valence-corrected chi connectivity index (χ0v) is 19.2. The van der Waals surface area contributed by atoms with Gasteiger partial charge in [-0.2, -0.15) is 5.10 Å². The number of aromatic nitrogens is 2. The van der Waals surface area contributed by atoms with E-state index >= 15 is 0 Å². The molecule has 0 fully saturated rings. The number of nitrogens with zero attached hydrogens (tertiary/aromatic N) is 5. The van der Waals surface area contributed by atoms with E-state index in [1.807, 2.05) is 56.3 Å². The lowest BCUT2D eigenvalue weighted by Crippen LogP contribution is -2.44. The lowest BCUT2D eigenvalue weighted by molar-refractivity contribution is -0.133. The van der Waals surface area contributed by atoms with E-state index in [4.69, 9.17) is 16.0 Å². The second-order valence-electron chi connectivity index (χ2n) is 7.99. The number of carbonyl (C=O) groups is 2. The van der Waals surface area contributed by atoms with E-state index in [9.17, 15) is 9.59 Å². The van der Waals surface area contributed by atoms with Crippen LogP contribution in [0.25, 0.3) is 11.5 Å². The molecular formula is C24H24ClN5O3. The van der Waals surface area contributed by atoms with Crippen LogP contribution >= 0.6 is 11.6 Å². The summed E-state index contributed by atoms with van der Waals surface area (Å²) in [6.07, 6.45) is 0.529. The Morgan fingerprint density at radius 1 is 1.09 bits per heavy atom. The van der Waals surface area contributed by atoms with E-state index < -0.39 is 0 Å². The van der Waals surface area contributed by atoms with Gasteiger partial charge < -0.3 is 9.32 Å². The van der Waals surface area contributed by atoms with Gasteiger partial charge in [0.05, 0.1) is 23.7 Å². The summed E-state index contributed by atoms with van der Waals surface area (Å²) in [5.41, 5.74) is 1.92. The van der Waals surface area contributed by atoms with Crippen LogP contribution in [0.15, 0.2) is 64.1 Å². The predicted octanol–water partition coefficient (Wildman–Crippen LogP) is 4.31. The highest BCUT2D eigenvalue weighted by atomic mass is 35.5. The van der Waals surface area contributed by atoms with Crippen molar-refractivity contribution in [1.29, 1.82) is 0 Å². The van der Waals surface area contributed by atoms with E-state index in [1.165, 1.54) is 5.01 Å². The predicted molar refractivity (Wildman–Crippen MR) is 124 cm³/mol. The van der Waals surface area contributed by atoms with Crippen molar-refractivity contribution in [2.24, 2.45) is 5.10 Å². The highest BCUT2D eigenvalue weighted by molar-refractivity contribution is 6.39. The highest BCUT2D eigenvalue weighted by Gasteiger charge is 2.30. The first-order valence-electron chi connectivity index (χ1n) is 10.7. The quantitative estimate of drug-likeness (QED) is 0.518. The third-order valence-corrected chi connectivity index (χ3v) is 5.62. The molecule has 3 aromatic rings. The summed E-state index contributed by atoms with van der Waals surface area (Å²) in [4.78, 5) is 27.3. The molecule has 4 rings (SSSR count). The van der Waals surface area contributed by atoms with Gasteiger partial charge in [-0.25, -0.2) is 5.01 Å². The average Bonchev–Trinajstić information content (AvgIpc) is 3.28. The molecule has 33 heavy (non-hydrogen) atoms. The maximum Gasteiger partial charge on any atom is 0.270 e. The maximum atomic E-state index is 13.3. The van der Waals surface area contributed by atoms with Gasteiger partial charge in [-0.05, 0) is 31.5 Å². The molecule has 0 spiro atoms. The fourth-order valence-corrected chi connectivity index (χ4v) is 3.71. The molecule has 1 aliphatic heterocycles. The standard InChI is InChI=1S/C24H24ClN5O3/c1-16(2)29(15-21-26-27-23(33-21)18-10-6-7-11-19(18)25)24(32)20-12-13-22(31)30(28-20)14-17-8-4-3-5-9-17/h3-11,16H,12-15H2,1-2H3. The lowest BCUT2D eigenvalue weighted by atomic mass is 10.1. The number of halogens is 1. The molecule has 1 aromatic heterocycles. The van der Waals surface area contributed by atoms with Crippen molar-refractivity contribution >= 4 is 29.1 Å². The summed E-state index contributed by atoms with van der Waals surface area (Å²) in [5.74, 6) is 0.225. The summed E-state index contributed by atoms with van der Waals surface area (Å²) < 4.78 is 5.78. The Hall–Kier alpha value is -3.52. The van der Waals surface area contributed by atoms with E-state index in [0.29, 0.717) is 41.0 Å². The highest BCUT2D eigenvalue weighted by Crippen LogP contribution is 2.26. The summed E-state index contributed by atoms with van der Waals surface area (Å²) in [6, 6.07) is 16.6. The van der Waals surface area contributed by atoms with Crippen LogP contribution in [0.2, 0.25) is 5.02 Å². The largest absolute Gasteiger partial charge is 0.419 e. The van der Waals surface area contributed by atoms with Gasteiger partial charge in [-0.15, -0.1) is 10.2 Å². The summed E-state index contributed by atoms with van der Waals surface area (Å²) in [7, 11) is 0. The minimum atomic E-state index is -0.256. The van der Waals surface area contributed by atoms with Crippen LogP contribution < -0.4 is 0 Å². The summed E-state index contributed by atoms with van der Waals surface area (Å²) in [5, 5.41) is 14.4. The maximum absolute atomic E-state index is 13.3. The van der Waals surface area contributed by atoms with Crippen molar-refractivity contribution in [1.82, 2.24) is 20.1 Å². The average molecular weight is 466 g/mol. The van der Waals surface area contributed by atoms with Gasteiger partial charge in [0.25, 0.3) is 5.91 Å². The SMILES string of the molecule is CC(C)N(Cc1nnc(-c2ccccc2Cl)o1)C(=O)C1=NN(Cc2ccccc2)C(=O)CC1. The van der Waals surface area contributed by atoms with Gasteiger partial charge in [-0.3, -0.25) is 9.59 Å². The van der Waals surface area contributed by atoms with Crippen LogP contribution in [0.4, 0.5) is 0 Å². The normalized spacial score (nSPS) is 13.9. The molecule has 0 atom stereocenters. The van der Waals surface area contributed by atoms with Gasteiger partial charge >= 0.3 is 0 Å². The van der Waals surface area contributed by atoms with Crippen LogP contribution in [-0.2, 0) is 22.7 Å². The molecule has 0 aliphatic carbocycles. The Balaban J connectivity index is 1.52. The van der Waals surface area contributed by atoms with Crippen LogP contribution in [0, 0.1) is 0 Å². The smallest absolute Gasteiger partial charge is 0.270 e. The van der Waals surface area contributed by atoms with E-state index in [1.54, 1.807) is 17.0 Å². The van der Waals surface area contributed by atoms with Crippen LogP contribution in [-0.4, -0.2) is 43.7 Å². The fourth-order valence-electron chi connectivity index (χ4n) is 3.50. The van der Waals surface area contributed by atoms with Crippen LogP contribution in [0.5, 0.6) is 0 Å². The minimum Gasteiger partial charge on any atom is -0.419 e. The van der Waals surface area contributed by atoms with Gasteiger partial charge in [0.1, 0.15) is 5.71 Å². The zero-order valence-electron chi connectivity index (χ0n) is 18.4. The number of benzene rings is 2. The third-order valence-electron chi connectivity index (χ3n) is 5.29. The van der Waals surface area contributed by atoms with Crippen molar-refractivity contribution in [3.63, 3.8) is 0 Å².